The number of alkyl halides is 3. The van der Waals surface area contributed by atoms with E-state index in [1.807, 2.05) is 52.6 Å². The summed E-state index contributed by atoms with van der Waals surface area (Å²) in [6.07, 6.45) is 3.14. The largest absolute Gasteiger partial charge is 0.425 e. The summed E-state index contributed by atoms with van der Waals surface area (Å²) in [6.45, 7) is 12.0. The van der Waals surface area contributed by atoms with Crippen molar-refractivity contribution in [3.8, 4) is 17.2 Å². The van der Waals surface area contributed by atoms with Crippen LogP contribution in [-0.4, -0.2) is 77.5 Å². The molecule has 0 radical (unpaired) electrons. The van der Waals surface area contributed by atoms with Crippen molar-refractivity contribution in [2.45, 2.75) is 97.8 Å². The van der Waals surface area contributed by atoms with Gasteiger partial charge in [-0.1, -0.05) is 0 Å². The number of hydrogen-bond donors (Lipinski definition) is 1. The summed E-state index contributed by atoms with van der Waals surface area (Å²) in [4.78, 5) is 89.1. The fourth-order valence-corrected chi connectivity index (χ4v) is 17.8. The van der Waals surface area contributed by atoms with Gasteiger partial charge < -0.3 is 29.3 Å². The minimum Gasteiger partial charge on any atom is -0.425 e. The number of fused-ring (bicyclic) bond motifs is 9. The quantitative estimate of drug-likeness (QED) is 0.0600. The van der Waals surface area contributed by atoms with Gasteiger partial charge in [-0.05, 0) is 132 Å². The van der Waals surface area contributed by atoms with E-state index < -0.39 is 22.8 Å². The molecule has 21 heteroatoms. The second-order valence-electron chi connectivity index (χ2n) is 22.1. The number of amides is 2. The summed E-state index contributed by atoms with van der Waals surface area (Å²) < 4.78 is 19.4. The fraction of sp³-hybridized carbons (Fsp3) is 0.446. The molecule has 13 nitrogen and oxygen atoms in total. The zero-order valence-corrected chi connectivity index (χ0v) is 49.0. The molecule has 6 heterocycles. The first kappa shape index (κ1) is 54.4. The van der Waals surface area contributed by atoms with Crippen molar-refractivity contribution in [1.82, 2.24) is 0 Å². The average molecular weight is 1200 g/mol. The molecule has 2 amide bonds. The van der Waals surface area contributed by atoms with Gasteiger partial charge in [-0.3, -0.25) is 33.6 Å². The maximum Gasteiger partial charge on any atom is 0.308 e. The van der Waals surface area contributed by atoms with E-state index in [9.17, 15) is 33.6 Å². The monoisotopic (exact) mass is 1200 g/mol. The molecule has 4 bridgehead atoms. The fourth-order valence-electron chi connectivity index (χ4n) is 13.6. The minimum absolute atomic E-state index is 0.00439. The number of carbonyl (C=O) groups is 7. The summed E-state index contributed by atoms with van der Waals surface area (Å²) in [6, 6.07) is 5.54. The van der Waals surface area contributed by atoms with Crippen LogP contribution < -0.4 is 29.3 Å². The van der Waals surface area contributed by atoms with Crippen LogP contribution in [-0.2, 0) is 33.6 Å². The van der Waals surface area contributed by atoms with E-state index in [2.05, 4.69) is 17.6 Å². The molecule has 9 aliphatic rings. The smallest absolute Gasteiger partial charge is 0.308 e. The van der Waals surface area contributed by atoms with E-state index in [1.165, 1.54) is 60.0 Å². The number of carbonyl (C=O) groups excluding carboxylic acids is 7. The molecular formula is C56H52Cl5N3O10S3. The Balaban J connectivity index is 0.000000170. The highest BCUT2D eigenvalue weighted by Gasteiger charge is 2.77. The highest BCUT2D eigenvalue weighted by Crippen LogP contribution is 2.76. The standard InChI is InChI=1S/C35H32Cl2N2O6S2.C14H14ClNO2S.C7H6Cl2O2/c1-16-11-46-30-24(44-18(3)40)5-22-28(26(16)30)20(7-36)9-38(22)32(42)34-13-35(14-34,15-34)33(43)39-10-21(8-37)29-23(39)6-25(45-19(4)41)31-27(29)17(2)12-47-31;1-7-6-19-14-11(18-8(2)17)3-10-13(12(7)14)9(4-15)5-16-10;8-4(10)6-1-7(2-6,3-6)5(9)11/h5-6,11-12,20-21H,7-10,13-15H2,1-4H3;3,6,9,16H,4-5H2,1-2H3;1-3H2/t20-,21-,34?,35?;9-;/m00./s1. The van der Waals surface area contributed by atoms with Gasteiger partial charge in [-0.25, -0.2) is 0 Å². The number of ether oxygens (including phenoxy) is 3. The maximum absolute atomic E-state index is 14.4. The molecule has 6 saturated carbocycles. The first-order valence-corrected chi connectivity index (χ1v) is 30.2. The van der Waals surface area contributed by atoms with Crippen LogP contribution in [0.3, 0.4) is 0 Å². The highest BCUT2D eigenvalue weighted by molar-refractivity contribution is 7.18. The van der Waals surface area contributed by atoms with Gasteiger partial charge in [0.1, 0.15) is 0 Å². The lowest BCUT2D eigenvalue weighted by Gasteiger charge is -2.69. The summed E-state index contributed by atoms with van der Waals surface area (Å²) >= 11 is 34.4. The number of anilines is 3. The first-order chi connectivity index (χ1) is 36.5. The van der Waals surface area contributed by atoms with E-state index in [0.29, 0.717) is 92.4 Å². The summed E-state index contributed by atoms with van der Waals surface area (Å²) in [5.74, 6) is 1.90. The van der Waals surface area contributed by atoms with Gasteiger partial charge in [0, 0.05) is 127 Å². The lowest BCUT2D eigenvalue weighted by Crippen LogP contribution is -2.73. The van der Waals surface area contributed by atoms with E-state index in [4.69, 9.17) is 72.2 Å². The Labute approximate surface area is 480 Å². The maximum atomic E-state index is 14.4. The van der Waals surface area contributed by atoms with Crippen molar-refractivity contribution in [3.63, 3.8) is 0 Å². The molecule has 77 heavy (non-hydrogen) atoms. The molecule has 6 aliphatic carbocycles. The number of benzene rings is 3. The van der Waals surface area contributed by atoms with Crippen LogP contribution >= 0.6 is 92.0 Å². The van der Waals surface area contributed by atoms with Crippen molar-refractivity contribution in [1.29, 1.82) is 0 Å². The molecule has 3 aromatic heterocycles. The van der Waals surface area contributed by atoms with Gasteiger partial charge in [-0.15, -0.1) is 68.8 Å². The van der Waals surface area contributed by atoms with Gasteiger partial charge in [0.15, 0.2) is 17.2 Å². The van der Waals surface area contributed by atoms with Gasteiger partial charge in [-0.2, -0.15) is 0 Å². The molecule has 3 aliphatic heterocycles. The molecule has 15 rings (SSSR count). The zero-order valence-electron chi connectivity index (χ0n) is 42.8. The number of nitrogens with zero attached hydrogens (tertiary/aromatic N) is 2. The number of rotatable bonds is 10. The minimum atomic E-state index is -0.625. The number of thiophene rings is 3. The predicted octanol–water partition coefficient (Wildman–Crippen LogP) is 13.4. The Morgan fingerprint density at radius 2 is 0.870 bits per heavy atom. The summed E-state index contributed by atoms with van der Waals surface area (Å²) in [7, 11) is 0. The van der Waals surface area contributed by atoms with Gasteiger partial charge in [0.2, 0.25) is 22.3 Å². The van der Waals surface area contributed by atoms with Crippen molar-refractivity contribution in [3.05, 3.63) is 67.7 Å². The third-order valence-corrected chi connectivity index (χ3v) is 22.1. The van der Waals surface area contributed by atoms with Crippen molar-refractivity contribution >= 4 is 180 Å². The molecule has 0 unspecified atom stereocenters. The van der Waals surface area contributed by atoms with E-state index in [1.54, 1.807) is 11.3 Å². The number of esters is 3. The molecule has 3 atom stereocenters. The van der Waals surface area contributed by atoms with Gasteiger partial charge >= 0.3 is 17.9 Å². The Morgan fingerprint density at radius 1 is 0.532 bits per heavy atom. The number of hydrogen-bond acceptors (Lipinski definition) is 14. The van der Waals surface area contributed by atoms with Crippen molar-refractivity contribution < 1.29 is 47.8 Å². The molecular weight excluding hydrogens is 1150 g/mol. The molecule has 0 saturated heterocycles. The molecule has 6 fully saturated rings. The van der Waals surface area contributed by atoms with Gasteiger partial charge in [0.25, 0.3) is 0 Å². The van der Waals surface area contributed by atoms with Gasteiger partial charge in [0.05, 0.1) is 36.3 Å². The molecule has 404 valence electrons. The van der Waals surface area contributed by atoms with Crippen LogP contribution in [0.25, 0.3) is 30.3 Å². The highest BCUT2D eigenvalue weighted by atomic mass is 35.5. The Hall–Kier alpha value is -4.52. The van der Waals surface area contributed by atoms with E-state index in [0.717, 1.165) is 70.7 Å². The molecule has 6 aromatic rings. The summed E-state index contributed by atoms with van der Waals surface area (Å²) in [5, 5.41) is 12.1. The normalized spacial score (nSPS) is 26.3. The molecule has 3 aromatic carbocycles. The second kappa shape index (κ2) is 19.6. The predicted molar refractivity (Wildman–Crippen MR) is 306 cm³/mol. The average Bonchev–Trinajstić information content (AvgIpc) is 4.34. The second-order valence-corrected chi connectivity index (χ2v) is 26.3. The third kappa shape index (κ3) is 8.50. The van der Waals surface area contributed by atoms with Crippen LogP contribution in [0, 0.1) is 42.4 Å². The van der Waals surface area contributed by atoms with E-state index >= 15 is 0 Å². The van der Waals surface area contributed by atoms with Crippen molar-refractivity contribution in [2.75, 3.05) is 52.4 Å². The molecule has 0 spiro atoms. The van der Waals surface area contributed by atoms with Crippen LogP contribution in [0.1, 0.15) is 110 Å². The lowest BCUT2D eigenvalue weighted by molar-refractivity contribution is -0.205. The lowest BCUT2D eigenvalue weighted by atomic mass is 9.34. The van der Waals surface area contributed by atoms with Crippen LogP contribution in [0.2, 0.25) is 0 Å². The van der Waals surface area contributed by atoms with Crippen LogP contribution in [0.4, 0.5) is 17.1 Å². The SMILES string of the molecule is CC(=O)Oc1cc2c(c3c(C)csc13)[C@@H](CCl)CN2.CC(=O)Oc1cc2c(c3c(C)csc13)[C@@H](CCl)CN2C(=O)C12CC(C(=O)N3C[C@H](CCl)c4c3cc(OC(C)=O)c3scc(C)c43)(C1)C2.O=C(Cl)C12CC(C(=O)Cl)(C1)C2. The Bertz CT molecular complexity index is 3400. The van der Waals surface area contributed by atoms with Crippen LogP contribution in [0.15, 0.2) is 34.3 Å². The first-order valence-electron chi connectivity index (χ1n) is 25.2. The summed E-state index contributed by atoms with van der Waals surface area (Å²) in [5.41, 5.74) is 7.16. The van der Waals surface area contributed by atoms with E-state index in [-0.39, 0.29) is 50.9 Å². The number of nitrogens with one attached hydrogen (secondary N) is 1. The third-order valence-electron chi connectivity index (χ3n) is 16.8. The number of halogens is 5. The zero-order chi connectivity index (χ0) is 55.0. The van der Waals surface area contributed by atoms with Crippen molar-refractivity contribution in [2.24, 2.45) is 21.7 Å². The van der Waals surface area contributed by atoms with Crippen LogP contribution in [0.5, 0.6) is 17.2 Å². The Kier molecular flexibility index (Phi) is 13.9. The molecule has 1 N–H and O–H groups in total. The topological polar surface area (TPSA) is 166 Å². The Morgan fingerprint density at radius 3 is 1.21 bits per heavy atom. The number of aryl methyl sites for hydroxylation is 3.